The zero-order valence-electron chi connectivity index (χ0n) is 18.8. The highest BCUT2D eigenvalue weighted by Crippen LogP contribution is 2.29. The molecule has 1 heterocycles. The molecular formula is C23H17N7O6S. The largest absolute Gasteiger partial charge is 0.507 e. The van der Waals surface area contributed by atoms with E-state index in [1.54, 1.807) is 16.7 Å². The zero-order chi connectivity index (χ0) is 26.4. The Balaban J connectivity index is 1.52. The minimum Gasteiger partial charge on any atom is -0.507 e. The number of nitrogens with one attached hydrogen (secondary N) is 1. The van der Waals surface area contributed by atoms with Crippen molar-refractivity contribution >= 4 is 35.3 Å². The van der Waals surface area contributed by atoms with Crippen LogP contribution in [0.1, 0.15) is 5.56 Å². The van der Waals surface area contributed by atoms with Crippen molar-refractivity contribution in [2.45, 2.75) is 5.16 Å². The molecule has 0 aliphatic heterocycles. The molecule has 0 radical (unpaired) electrons. The lowest BCUT2D eigenvalue weighted by atomic mass is 10.2. The summed E-state index contributed by atoms with van der Waals surface area (Å²) in [5.74, 6) is -0.497. The summed E-state index contributed by atoms with van der Waals surface area (Å²) in [6.45, 7) is 0. The summed E-state index contributed by atoms with van der Waals surface area (Å²) in [7, 11) is 0. The van der Waals surface area contributed by atoms with Crippen molar-refractivity contribution in [2.24, 2.45) is 5.10 Å². The van der Waals surface area contributed by atoms with E-state index in [0.717, 1.165) is 36.2 Å². The van der Waals surface area contributed by atoms with E-state index in [0.29, 0.717) is 22.2 Å². The molecule has 1 aromatic heterocycles. The normalized spacial score (nSPS) is 10.9. The number of hydrogen-bond acceptors (Lipinski definition) is 10. The van der Waals surface area contributed by atoms with Gasteiger partial charge in [0.2, 0.25) is 0 Å². The molecule has 0 saturated carbocycles. The second-order valence-corrected chi connectivity index (χ2v) is 8.31. The molecule has 3 aromatic carbocycles. The maximum Gasteiger partial charge on any atom is 0.270 e. The molecule has 0 spiro atoms. The molecule has 37 heavy (non-hydrogen) atoms. The number of nitro benzene ring substituents is 2. The SMILES string of the molecule is O=C(CSc1nnc(-c2cccc([N+](=O)[O-])c2)n1-c1ccccc1)NN=Cc1cc([N+](=O)[O-])ccc1O. The highest BCUT2D eigenvalue weighted by atomic mass is 32.2. The van der Waals surface area contributed by atoms with E-state index in [1.807, 2.05) is 30.3 Å². The van der Waals surface area contributed by atoms with Gasteiger partial charge in [-0.2, -0.15) is 5.10 Å². The average Bonchev–Trinajstić information content (AvgIpc) is 3.33. The Morgan fingerprint density at radius 3 is 2.46 bits per heavy atom. The molecule has 13 nitrogen and oxygen atoms in total. The number of thioether (sulfide) groups is 1. The van der Waals surface area contributed by atoms with Crippen LogP contribution in [0.2, 0.25) is 0 Å². The van der Waals surface area contributed by atoms with Crippen LogP contribution in [0, 0.1) is 20.2 Å². The van der Waals surface area contributed by atoms with Gasteiger partial charge in [0.05, 0.1) is 21.8 Å². The molecule has 14 heteroatoms. The maximum atomic E-state index is 12.4. The summed E-state index contributed by atoms with van der Waals surface area (Å²) in [5, 5.41) is 44.4. The van der Waals surface area contributed by atoms with Crippen LogP contribution in [-0.2, 0) is 4.79 Å². The van der Waals surface area contributed by atoms with E-state index < -0.39 is 15.8 Å². The van der Waals surface area contributed by atoms with Crippen molar-refractivity contribution in [1.29, 1.82) is 0 Å². The monoisotopic (exact) mass is 519 g/mol. The van der Waals surface area contributed by atoms with Gasteiger partial charge in [0.1, 0.15) is 5.75 Å². The van der Waals surface area contributed by atoms with E-state index in [4.69, 9.17) is 0 Å². The van der Waals surface area contributed by atoms with E-state index in [9.17, 15) is 30.1 Å². The van der Waals surface area contributed by atoms with Crippen LogP contribution in [0.4, 0.5) is 11.4 Å². The molecule has 1 amide bonds. The number of phenols is 1. The van der Waals surface area contributed by atoms with Crippen molar-refractivity contribution < 1.29 is 19.7 Å². The van der Waals surface area contributed by atoms with Gasteiger partial charge >= 0.3 is 0 Å². The van der Waals surface area contributed by atoms with E-state index in [1.165, 1.54) is 12.1 Å². The first kappa shape index (κ1) is 25.0. The number of carbonyl (C=O) groups excluding carboxylic acids is 1. The number of rotatable bonds is 9. The lowest BCUT2D eigenvalue weighted by Gasteiger charge is -2.10. The van der Waals surface area contributed by atoms with Gasteiger partial charge in [-0.05, 0) is 18.2 Å². The Labute approximate surface area is 212 Å². The Bertz CT molecular complexity index is 1510. The highest BCUT2D eigenvalue weighted by molar-refractivity contribution is 7.99. The second kappa shape index (κ2) is 11.1. The second-order valence-electron chi connectivity index (χ2n) is 7.37. The van der Waals surface area contributed by atoms with Crippen molar-refractivity contribution in [1.82, 2.24) is 20.2 Å². The van der Waals surface area contributed by atoms with Crippen LogP contribution in [0.5, 0.6) is 5.75 Å². The fraction of sp³-hybridized carbons (Fsp3) is 0.0435. The summed E-state index contributed by atoms with van der Waals surface area (Å²) >= 11 is 1.06. The van der Waals surface area contributed by atoms with Gasteiger partial charge in [-0.25, -0.2) is 5.43 Å². The molecule has 0 bridgehead atoms. The highest BCUT2D eigenvalue weighted by Gasteiger charge is 2.19. The number of hydrazone groups is 1. The number of non-ortho nitro benzene ring substituents is 2. The molecule has 0 fully saturated rings. The molecular weight excluding hydrogens is 502 g/mol. The number of aromatic nitrogens is 3. The number of amides is 1. The molecule has 2 N–H and O–H groups in total. The average molecular weight is 519 g/mol. The first-order chi connectivity index (χ1) is 17.8. The molecule has 0 aliphatic carbocycles. The number of nitro groups is 2. The minimum atomic E-state index is -0.614. The van der Waals surface area contributed by atoms with Gasteiger partial charge in [-0.1, -0.05) is 42.1 Å². The fourth-order valence-electron chi connectivity index (χ4n) is 3.21. The van der Waals surface area contributed by atoms with Gasteiger partial charge in [0, 0.05) is 41.1 Å². The smallest absolute Gasteiger partial charge is 0.270 e. The first-order valence-electron chi connectivity index (χ1n) is 10.5. The number of benzene rings is 3. The van der Waals surface area contributed by atoms with Crippen molar-refractivity contribution in [3.8, 4) is 22.8 Å². The van der Waals surface area contributed by atoms with E-state index in [-0.39, 0.29) is 28.4 Å². The lowest BCUT2D eigenvalue weighted by molar-refractivity contribution is -0.385. The van der Waals surface area contributed by atoms with Gasteiger partial charge in [-0.15, -0.1) is 10.2 Å². The summed E-state index contributed by atoms with van der Waals surface area (Å²) in [6.07, 6.45) is 1.10. The summed E-state index contributed by atoms with van der Waals surface area (Å²) in [6, 6.07) is 18.5. The Morgan fingerprint density at radius 1 is 1.00 bits per heavy atom. The number of phenolic OH excluding ortho intramolecular Hbond substituents is 1. The van der Waals surface area contributed by atoms with Gasteiger partial charge in [0.25, 0.3) is 17.3 Å². The minimum absolute atomic E-state index is 0.0626. The summed E-state index contributed by atoms with van der Waals surface area (Å²) in [5.41, 5.74) is 3.19. The van der Waals surface area contributed by atoms with Crippen LogP contribution >= 0.6 is 11.8 Å². The predicted molar refractivity (Wildman–Crippen MR) is 135 cm³/mol. The number of hydrogen-bond donors (Lipinski definition) is 2. The Morgan fingerprint density at radius 2 is 1.73 bits per heavy atom. The van der Waals surface area contributed by atoms with Crippen molar-refractivity contribution in [2.75, 3.05) is 5.75 Å². The number of carbonyl (C=O) groups is 1. The zero-order valence-corrected chi connectivity index (χ0v) is 19.6. The standard InChI is InChI=1S/C23H17N7O6S/c31-20-10-9-19(30(35)36)12-16(20)13-24-25-21(32)14-37-23-27-26-22(28(23)17-6-2-1-3-7-17)15-5-4-8-18(11-15)29(33)34/h1-13,31H,14H2,(H,25,32). The third-order valence-electron chi connectivity index (χ3n) is 4.91. The van der Waals surface area contributed by atoms with Crippen LogP contribution < -0.4 is 5.43 Å². The van der Waals surface area contributed by atoms with Crippen molar-refractivity contribution in [3.63, 3.8) is 0 Å². The molecule has 0 atom stereocenters. The Hall–Kier alpha value is -5.11. The van der Waals surface area contributed by atoms with E-state index >= 15 is 0 Å². The molecule has 4 aromatic rings. The third kappa shape index (κ3) is 5.94. The molecule has 0 aliphatic rings. The van der Waals surface area contributed by atoms with Crippen LogP contribution in [-0.4, -0.2) is 47.6 Å². The third-order valence-corrected chi connectivity index (χ3v) is 5.84. The molecule has 186 valence electrons. The van der Waals surface area contributed by atoms with Gasteiger partial charge in [0.15, 0.2) is 11.0 Å². The first-order valence-corrected chi connectivity index (χ1v) is 11.5. The van der Waals surface area contributed by atoms with Gasteiger partial charge < -0.3 is 5.11 Å². The molecule has 0 saturated heterocycles. The number of aromatic hydroxyl groups is 1. The van der Waals surface area contributed by atoms with Crippen LogP contribution in [0.3, 0.4) is 0 Å². The quantitative estimate of drug-likeness (QED) is 0.144. The Kier molecular flexibility index (Phi) is 7.49. The molecule has 0 unspecified atom stereocenters. The van der Waals surface area contributed by atoms with Crippen molar-refractivity contribution in [3.05, 3.63) is 98.6 Å². The fourth-order valence-corrected chi connectivity index (χ4v) is 3.96. The summed E-state index contributed by atoms with van der Waals surface area (Å²) in [4.78, 5) is 33.4. The topological polar surface area (TPSA) is 179 Å². The summed E-state index contributed by atoms with van der Waals surface area (Å²) < 4.78 is 1.68. The van der Waals surface area contributed by atoms with Crippen LogP contribution in [0.15, 0.2) is 83.1 Å². The van der Waals surface area contributed by atoms with Crippen LogP contribution in [0.25, 0.3) is 17.1 Å². The van der Waals surface area contributed by atoms with E-state index in [2.05, 4.69) is 20.7 Å². The number of para-hydroxylation sites is 1. The lowest BCUT2D eigenvalue weighted by Crippen LogP contribution is -2.20. The maximum absolute atomic E-state index is 12.4. The molecule has 4 rings (SSSR count). The van der Waals surface area contributed by atoms with Gasteiger partial charge in [-0.3, -0.25) is 29.6 Å². The predicted octanol–water partition coefficient (Wildman–Crippen LogP) is 3.70. The number of nitrogens with zero attached hydrogens (tertiary/aromatic N) is 6.